The van der Waals surface area contributed by atoms with E-state index in [2.05, 4.69) is 0 Å². The van der Waals surface area contributed by atoms with E-state index < -0.39 is 60.5 Å². The van der Waals surface area contributed by atoms with Crippen molar-refractivity contribution in [1.29, 1.82) is 0 Å². The summed E-state index contributed by atoms with van der Waals surface area (Å²) in [6.45, 7) is 6.86. The smallest absolute Gasteiger partial charge is 0.187 e. The van der Waals surface area contributed by atoms with Gasteiger partial charge in [0, 0.05) is 0 Å². The maximum absolute atomic E-state index is 11.2. The Morgan fingerprint density at radius 3 is 2.33 bits per heavy atom. The molecule has 1 heterocycles. The van der Waals surface area contributed by atoms with E-state index in [1.807, 2.05) is 20.8 Å². The van der Waals surface area contributed by atoms with Crippen molar-refractivity contribution in [2.24, 2.45) is 11.3 Å². The second-order valence-corrected chi connectivity index (χ2v) is 8.60. The lowest BCUT2D eigenvalue weighted by molar-refractivity contribution is -0.306. The van der Waals surface area contributed by atoms with Gasteiger partial charge in [-0.25, -0.2) is 0 Å². The molecular weight excluding hydrogens is 356 g/mol. The molecular formula is C19H34O8. The molecule has 0 spiro atoms. The summed E-state index contributed by atoms with van der Waals surface area (Å²) in [5, 5.41) is 60.1. The number of ether oxygens (including phenoxy) is 2. The first-order valence-corrected chi connectivity index (χ1v) is 9.48. The third-order valence-corrected chi connectivity index (χ3v) is 6.03. The monoisotopic (exact) mass is 390 g/mol. The zero-order chi connectivity index (χ0) is 20.6. The number of hydrogen-bond donors (Lipinski definition) is 6. The summed E-state index contributed by atoms with van der Waals surface area (Å²) in [6, 6.07) is 0. The number of aliphatic hydroxyl groups excluding tert-OH is 5. The molecule has 9 atom stereocenters. The highest BCUT2D eigenvalue weighted by molar-refractivity contribution is 5.15. The largest absolute Gasteiger partial charge is 0.394 e. The van der Waals surface area contributed by atoms with Crippen molar-refractivity contribution in [2.45, 2.75) is 89.1 Å². The Morgan fingerprint density at radius 2 is 1.78 bits per heavy atom. The van der Waals surface area contributed by atoms with Gasteiger partial charge in [0.25, 0.3) is 0 Å². The molecule has 27 heavy (non-hydrogen) atoms. The Balaban J connectivity index is 2.07. The standard InChI is InChI=1S/C19H34O8/c1-10-7-12(21)8-18(3,4)19(10,25)6-5-11(2)26-17-16(24)15(23)14(22)13(9-20)27-17/h5-6,10-17,20-25H,7-9H2,1-4H3/b6-5+/t10-,11-,12+,13-,14+,15+,16-,17-,19+/m0/s1. The second kappa shape index (κ2) is 8.42. The van der Waals surface area contributed by atoms with Crippen LogP contribution in [0, 0.1) is 11.3 Å². The molecule has 8 heteroatoms. The van der Waals surface area contributed by atoms with E-state index in [1.54, 1.807) is 19.1 Å². The fourth-order valence-corrected chi connectivity index (χ4v) is 4.20. The van der Waals surface area contributed by atoms with E-state index >= 15 is 0 Å². The van der Waals surface area contributed by atoms with Crippen LogP contribution in [0.4, 0.5) is 0 Å². The van der Waals surface area contributed by atoms with Crippen LogP contribution in [0.5, 0.6) is 0 Å². The first kappa shape index (κ1) is 22.7. The molecule has 1 saturated heterocycles. The Morgan fingerprint density at radius 1 is 1.15 bits per heavy atom. The Labute approximate surface area is 160 Å². The highest BCUT2D eigenvalue weighted by Gasteiger charge is 2.50. The molecule has 0 amide bonds. The lowest BCUT2D eigenvalue weighted by Crippen LogP contribution is -2.59. The summed E-state index contributed by atoms with van der Waals surface area (Å²) in [5.74, 6) is -0.160. The van der Waals surface area contributed by atoms with Crippen LogP contribution >= 0.6 is 0 Å². The maximum atomic E-state index is 11.2. The van der Waals surface area contributed by atoms with Gasteiger partial charge in [-0.2, -0.15) is 0 Å². The number of rotatable bonds is 5. The second-order valence-electron chi connectivity index (χ2n) is 8.60. The number of aliphatic hydroxyl groups is 6. The van der Waals surface area contributed by atoms with Crippen LogP contribution in [0.1, 0.15) is 40.5 Å². The third kappa shape index (κ3) is 4.54. The average molecular weight is 390 g/mol. The van der Waals surface area contributed by atoms with Crippen molar-refractivity contribution in [3.63, 3.8) is 0 Å². The molecule has 0 aromatic heterocycles. The SMILES string of the molecule is C[C@@H](/C=C/[C@@]1(O)[C@@H](C)C[C@@H](O)CC1(C)C)O[C@H]1O[C@@H](CO)[C@@H](O)[C@@H](O)[C@@H]1O. The summed E-state index contributed by atoms with van der Waals surface area (Å²) in [4.78, 5) is 0. The molecule has 6 N–H and O–H groups in total. The summed E-state index contributed by atoms with van der Waals surface area (Å²) in [6.07, 6.45) is -3.42. The Kier molecular flexibility index (Phi) is 7.08. The first-order chi connectivity index (χ1) is 12.4. The molecule has 0 bridgehead atoms. The predicted molar refractivity (Wildman–Crippen MR) is 96.6 cm³/mol. The molecule has 1 aliphatic carbocycles. The highest BCUT2D eigenvalue weighted by atomic mass is 16.7. The van der Waals surface area contributed by atoms with Crippen LogP contribution in [0.2, 0.25) is 0 Å². The molecule has 1 saturated carbocycles. The van der Waals surface area contributed by atoms with E-state index in [-0.39, 0.29) is 5.92 Å². The Bertz CT molecular complexity index is 522. The molecule has 2 fully saturated rings. The topological polar surface area (TPSA) is 140 Å². The lowest BCUT2D eigenvalue weighted by atomic mass is 9.60. The van der Waals surface area contributed by atoms with Crippen molar-refractivity contribution < 1.29 is 40.1 Å². The van der Waals surface area contributed by atoms with Crippen LogP contribution in [0.25, 0.3) is 0 Å². The molecule has 0 unspecified atom stereocenters. The van der Waals surface area contributed by atoms with E-state index in [9.17, 15) is 30.6 Å². The third-order valence-electron chi connectivity index (χ3n) is 6.03. The Hall–Kier alpha value is -0.580. The molecule has 158 valence electrons. The summed E-state index contributed by atoms with van der Waals surface area (Å²) >= 11 is 0. The highest BCUT2D eigenvalue weighted by Crippen LogP contribution is 2.48. The quantitative estimate of drug-likeness (QED) is 0.339. The van der Waals surface area contributed by atoms with Gasteiger partial charge in [0.2, 0.25) is 0 Å². The van der Waals surface area contributed by atoms with Crippen LogP contribution in [0.15, 0.2) is 12.2 Å². The predicted octanol–water partition coefficient (Wildman–Crippen LogP) is -0.704. The van der Waals surface area contributed by atoms with Gasteiger partial charge in [0.15, 0.2) is 6.29 Å². The molecule has 0 aromatic carbocycles. The zero-order valence-electron chi connectivity index (χ0n) is 16.4. The van der Waals surface area contributed by atoms with E-state index in [0.29, 0.717) is 12.8 Å². The summed E-state index contributed by atoms with van der Waals surface area (Å²) < 4.78 is 10.9. The van der Waals surface area contributed by atoms with Crippen LogP contribution < -0.4 is 0 Å². The van der Waals surface area contributed by atoms with Crippen molar-refractivity contribution in [3.8, 4) is 0 Å². The molecule has 8 nitrogen and oxygen atoms in total. The van der Waals surface area contributed by atoms with Gasteiger partial charge in [-0.1, -0.05) is 32.9 Å². The number of hydrogen-bond acceptors (Lipinski definition) is 8. The molecule has 0 aromatic rings. The molecule has 0 radical (unpaired) electrons. The fraction of sp³-hybridized carbons (Fsp3) is 0.895. The summed E-state index contributed by atoms with van der Waals surface area (Å²) in [7, 11) is 0. The van der Waals surface area contributed by atoms with Gasteiger partial charge in [0.1, 0.15) is 24.4 Å². The van der Waals surface area contributed by atoms with Crippen molar-refractivity contribution in [2.75, 3.05) is 6.61 Å². The van der Waals surface area contributed by atoms with Gasteiger partial charge >= 0.3 is 0 Å². The first-order valence-electron chi connectivity index (χ1n) is 9.48. The minimum Gasteiger partial charge on any atom is -0.394 e. The normalized spacial score (nSPS) is 46.5. The zero-order valence-corrected chi connectivity index (χ0v) is 16.4. The van der Waals surface area contributed by atoms with Gasteiger partial charge in [-0.3, -0.25) is 0 Å². The van der Waals surface area contributed by atoms with Gasteiger partial charge < -0.3 is 40.1 Å². The van der Waals surface area contributed by atoms with Crippen LogP contribution in [-0.4, -0.2) is 85.8 Å². The van der Waals surface area contributed by atoms with E-state index in [0.717, 1.165) is 0 Å². The molecule has 2 aliphatic rings. The van der Waals surface area contributed by atoms with Gasteiger partial charge in [0.05, 0.1) is 24.4 Å². The lowest BCUT2D eigenvalue weighted by Gasteiger charge is -2.50. The molecule has 2 rings (SSSR count). The maximum Gasteiger partial charge on any atom is 0.187 e. The van der Waals surface area contributed by atoms with Crippen molar-refractivity contribution in [1.82, 2.24) is 0 Å². The van der Waals surface area contributed by atoms with Crippen LogP contribution in [-0.2, 0) is 9.47 Å². The van der Waals surface area contributed by atoms with Crippen LogP contribution in [0.3, 0.4) is 0 Å². The van der Waals surface area contributed by atoms with E-state index in [1.165, 1.54) is 0 Å². The minimum atomic E-state index is -1.50. The fourth-order valence-electron chi connectivity index (χ4n) is 4.20. The average Bonchev–Trinajstić information content (AvgIpc) is 2.58. The van der Waals surface area contributed by atoms with Crippen molar-refractivity contribution in [3.05, 3.63) is 12.2 Å². The van der Waals surface area contributed by atoms with Crippen molar-refractivity contribution >= 4 is 0 Å². The van der Waals surface area contributed by atoms with E-state index in [4.69, 9.17) is 9.47 Å². The van der Waals surface area contributed by atoms with Gasteiger partial charge in [-0.05, 0) is 31.1 Å². The molecule has 1 aliphatic heterocycles. The summed E-state index contributed by atoms with van der Waals surface area (Å²) in [5.41, 5.74) is -1.68. The van der Waals surface area contributed by atoms with Gasteiger partial charge in [-0.15, -0.1) is 0 Å². The minimum absolute atomic E-state index is 0.160.